The van der Waals surface area contributed by atoms with Crippen LogP contribution in [0.5, 0.6) is 0 Å². The summed E-state index contributed by atoms with van der Waals surface area (Å²) in [7, 11) is 0. The van der Waals surface area contributed by atoms with Gasteiger partial charge in [-0.2, -0.15) is 0 Å². The molecule has 0 aromatic heterocycles. The van der Waals surface area contributed by atoms with Crippen LogP contribution in [0.25, 0.3) is 0 Å². The maximum absolute atomic E-state index is 5.19. The van der Waals surface area contributed by atoms with Crippen molar-refractivity contribution in [2.45, 2.75) is 77.6 Å². The van der Waals surface area contributed by atoms with Gasteiger partial charge >= 0.3 is 0 Å². The fourth-order valence-electron chi connectivity index (χ4n) is 1.61. The molecule has 0 spiro atoms. The van der Waals surface area contributed by atoms with Crippen molar-refractivity contribution in [3.63, 3.8) is 0 Å². The summed E-state index contributed by atoms with van der Waals surface area (Å²) in [5.41, 5.74) is 0. The van der Waals surface area contributed by atoms with Crippen LogP contribution in [0.3, 0.4) is 0 Å². The fraction of sp³-hybridized carbons (Fsp3) is 0.750. The van der Waals surface area contributed by atoms with Gasteiger partial charge in [0.15, 0.2) is 0 Å². The molecule has 0 aliphatic rings. The Hall–Kier alpha value is -0.880. The largest absolute Gasteiger partial charge is 0.120 e. The van der Waals surface area contributed by atoms with Crippen LogP contribution in [0.1, 0.15) is 77.6 Å². The van der Waals surface area contributed by atoms with Crippen LogP contribution in [0.15, 0.2) is 0 Å². The van der Waals surface area contributed by atoms with Gasteiger partial charge in [-0.15, -0.1) is 24.2 Å². The van der Waals surface area contributed by atoms with Crippen molar-refractivity contribution in [1.29, 1.82) is 0 Å². The van der Waals surface area contributed by atoms with Gasteiger partial charge in [0.05, 0.1) is 0 Å². The van der Waals surface area contributed by atoms with E-state index in [-0.39, 0.29) is 0 Å². The number of rotatable bonds is 9. The fourth-order valence-corrected chi connectivity index (χ4v) is 1.61. The average Bonchev–Trinajstić information content (AvgIpc) is 2.31. The summed E-state index contributed by atoms with van der Waals surface area (Å²) < 4.78 is 0. The van der Waals surface area contributed by atoms with Crippen molar-refractivity contribution in [2.75, 3.05) is 0 Å². The standard InChI is InChI=1S/C16H26/c1-3-5-7-9-11-13-15-16-14-12-10-8-6-4-2/h1H,4-11,13,15-16H2,2H3. The SMILES string of the molecule is C#CCCCCCCCC#CCCCCC. The molecule has 0 amide bonds. The second-order valence-corrected chi connectivity index (χ2v) is 4.28. The minimum atomic E-state index is 0.942. The zero-order valence-corrected chi connectivity index (χ0v) is 10.9. The lowest BCUT2D eigenvalue weighted by molar-refractivity contribution is 0.628. The van der Waals surface area contributed by atoms with Crippen LogP contribution in [-0.2, 0) is 0 Å². The van der Waals surface area contributed by atoms with Crippen molar-refractivity contribution in [1.82, 2.24) is 0 Å². The van der Waals surface area contributed by atoms with Gasteiger partial charge in [0.2, 0.25) is 0 Å². The number of hydrogen-bond acceptors (Lipinski definition) is 0. The maximum Gasteiger partial charge on any atom is 0.00886 e. The summed E-state index contributed by atoms with van der Waals surface area (Å²) >= 11 is 0. The normalized spacial score (nSPS) is 9.25. The van der Waals surface area contributed by atoms with E-state index in [2.05, 4.69) is 24.7 Å². The molecular weight excluding hydrogens is 192 g/mol. The first-order valence-electron chi connectivity index (χ1n) is 6.81. The monoisotopic (exact) mass is 218 g/mol. The van der Waals surface area contributed by atoms with Gasteiger partial charge in [-0.25, -0.2) is 0 Å². The zero-order chi connectivity index (χ0) is 11.9. The number of terminal acetylenes is 1. The van der Waals surface area contributed by atoms with Crippen LogP contribution in [0, 0.1) is 24.2 Å². The van der Waals surface area contributed by atoms with Crippen molar-refractivity contribution in [3.05, 3.63) is 0 Å². The van der Waals surface area contributed by atoms with E-state index >= 15 is 0 Å². The molecule has 0 nitrogen and oxygen atoms in total. The molecule has 0 radical (unpaired) electrons. The molecule has 0 N–H and O–H groups in total. The molecule has 0 aromatic carbocycles. The highest BCUT2D eigenvalue weighted by Crippen LogP contribution is 2.06. The van der Waals surface area contributed by atoms with Crippen LogP contribution in [0.4, 0.5) is 0 Å². The van der Waals surface area contributed by atoms with E-state index in [9.17, 15) is 0 Å². The number of unbranched alkanes of at least 4 members (excludes halogenated alkanes) is 9. The Morgan fingerprint density at radius 1 is 0.688 bits per heavy atom. The first kappa shape index (κ1) is 15.1. The summed E-state index contributed by atoms with van der Waals surface area (Å²) in [5, 5.41) is 0. The predicted molar refractivity (Wildman–Crippen MR) is 73.1 cm³/mol. The summed E-state index contributed by atoms with van der Waals surface area (Å²) in [6, 6.07) is 0. The van der Waals surface area contributed by atoms with E-state index in [1.54, 1.807) is 0 Å². The van der Waals surface area contributed by atoms with Crippen molar-refractivity contribution < 1.29 is 0 Å². The molecule has 0 saturated carbocycles. The highest BCUT2D eigenvalue weighted by Gasteiger charge is 1.88. The minimum Gasteiger partial charge on any atom is -0.120 e. The second kappa shape index (κ2) is 14.1. The molecular formula is C16H26. The van der Waals surface area contributed by atoms with Gasteiger partial charge < -0.3 is 0 Å². The maximum atomic E-state index is 5.19. The Bertz CT molecular complexity index is 221. The van der Waals surface area contributed by atoms with Crippen molar-refractivity contribution in [2.24, 2.45) is 0 Å². The van der Waals surface area contributed by atoms with Gasteiger partial charge in [0.1, 0.15) is 0 Å². The van der Waals surface area contributed by atoms with E-state index in [1.165, 1.54) is 51.4 Å². The van der Waals surface area contributed by atoms with Crippen molar-refractivity contribution in [3.8, 4) is 24.2 Å². The third-order valence-electron chi connectivity index (χ3n) is 2.65. The van der Waals surface area contributed by atoms with Gasteiger partial charge in [0, 0.05) is 19.3 Å². The summed E-state index contributed by atoms with van der Waals surface area (Å²) in [6.07, 6.45) is 18.6. The van der Waals surface area contributed by atoms with Crippen LogP contribution in [-0.4, -0.2) is 0 Å². The molecule has 0 aliphatic heterocycles. The second-order valence-electron chi connectivity index (χ2n) is 4.28. The Morgan fingerprint density at radius 2 is 1.19 bits per heavy atom. The molecule has 0 atom stereocenters. The summed E-state index contributed by atoms with van der Waals surface area (Å²) in [4.78, 5) is 0. The first-order valence-corrected chi connectivity index (χ1v) is 6.81. The number of hydrogen-bond donors (Lipinski definition) is 0. The third kappa shape index (κ3) is 13.1. The molecule has 0 bridgehead atoms. The lowest BCUT2D eigenvalue weighted by Crippen LogP contribution is -1.78. The van der Waals surface area contributed by atoms with E-state index in [0.29, 0.717) is 0 Å². The predicted octanol–water partition coefficient (Wildman–Crippen LogP) is 4.93. The highest BCUT2D eigenvalue weighted by molar-refractivity contribution is 4.98. The van der Waals surface area contributed by atoms with Gasteiger partial charge in [-0.3, -0.25) is 0 Å². The molecule has 0 aliphatic carbocycles. The quantitative estimate of drug-likeness (QED) is 0.380. The molecule has 0 heterocycles. The summed E-state index contributed by atoms with van der Waals surface area (Å²) in [6.45, 7) is 2.23. The van der Waals surface area contributed by atoms with Crippen LogP contribution in [0.2, 0.25) is 0 Å². The summed E-state index contributed by atoms with van der Waals surface area (Å²) in [5.74, 6) is 9.20. The Kier molecular flexibility index (Phi) is 13.3. The third-order valence-corrected chi connectivity index (χ3v) is 2.65. The zero-order valence-electron chi connectivity index (χ0n) is 10.9. The van der Waals surface area contributed by atoms with E-state index in [0.717, 1.165) is 19.3 Å². The smallest absolute Gasteiger partial charge is 0.00886 e. The molecule has 90 valence electrons. The van der Waals surface area contributed by atoms with E-state index < -0.39 is 0 Å². The van der Waals surface area contributed by atoms with E-state index in [1.807, 2.05) is 0 Å². The molecule has 0 rings (SSSR count). The molecule has 0 aromatic rings. The average molecular weight is 218 g/mol. The lowest BCUT2D eigenvalue weighted by Gasteiger charge is -1.96. The highest BCUT2D eigenvalue weighted by atomic mass is 13.9. The Morgan fingerprint density at radius 3 is 1.75 bits per heavy atom. The Balaban J connectivity index is 3.05. The van der Waals surface area contributed by atoms with Gasteiger partial charge in [0.25, 0.3) is 0 Å². The molecule has 0 fully saturated rings. The lowest BCUT2D eigenvalue weighted by atomic mass is 10.1. The molecule has 16 heavy (non-hydrogen) atoms. The topological polar surface area (TPSA) is 0 Å². The molecule has 0 unspecified atom stereocenters. The van der Waals surface area contributed by atoms with Gasteiger partial charge in [-0.1, -0.05) is 39.0 Å². The van der Waals surface area contributed by atoms with E-state index in [4.69, 9.17) is 6.42 Å². The van der Waals surface area contributed by atoms with Gasteiger partial charge in [-0.05, 0) is 19.3 Å². The van der Waals surface area contributed by atoms with Crippen molar-refractivity contribution >= 4 is 0 Å². The molecule has 0 saturated heterocycles. The first-order chi connectivity index (χ1) is 7.91. The van der Waals surface area contributed by atoms with Crippen LogP contribution < -0.4 is 0 Å². The minimum absolute atomic E-state index is 0.942. The Labute approximate surface area is 102 Å². The van der Waals surface area contributed by atoms with Crippen LogP contribution >= 0.6 is 0 Å². The molecule has 0 heteroatoms.